The molecule has 11 nitrogen and oxygen atoms in total. The summed E-state index contributed by atoms with van der Waals surface area (Å²) in [6.45, 7) is 0.791. The van der Waals surface area contributed by atoms with Gasteiger partial charge < -0.3 is 10.00 Å². The smallest absolute Gasteiger partial charge is 0.270 e. The first kappa shape index (κ1) is 18.6. The number of non-ortho nitro benzene ring substituents is 1. The summed E-state index contributed by atoms with van der Waals surface area (Å²) in [7, 11) is 0. The SMILES string of the molecule is O=C(CCCN1C(=O)c2ccc([N+](=O)[O-])cc2C1=O)N1CCc2c([nH][nH]c2=O)C1. The number of nitrogens with zero attached hydrogens (tertiary/aromatic N) is 3. The standard InChI is InChI=1S/C18H17N5O6/c24-15(21-7-5-12-14(9-21)19-20-16(12)25)2-1-6-22-17(26)11-4-3-10(23(28)29)8-13(11)18(22)27/h3-4,8H,1-2,5-7,9H2,(H2,19,20,25). The molecule has 0 radical (unpaired) electrons. The number of carbonyl (C=O) groups excluding carboxylic acids is 3. The molecule has 0 aliphatic carbocycles. The van der Waals surface area contributed by atoms with Crippen LogP contribution in [0, 0.1) is 10.1 Å². The second-order valence-corrected chi connectivity index (χ2v) is 6.95. The number of hydrogen-bond donors (Lipinski definition) is 2. The van der Waals surface area contributed by atoms with Crippen LogP contribution < -0.4 is 5.56 Å². The van der Waals surface area contributed by atoms with Crippen LogP contribution in [0.2, 0.25) is 0 Å². The predicted octanol–water partition coefficient (Wildman–Crippen LogP) is 0.572. The van der Waals surface area contributed by atoms with Crippen molar-refractivity contribution in [3.05, 3.63) is 61.1 Å². The maximum Gasteiger partial charge on any atom is 0.270 e. The molecule has 4 rings (SSSR count). The van der Waals surface area contributed by atoms with E-state index in [-0.39, 0.29) is 47.7 Å². The van der Waals surface area contributed by atoms with Gasteiger partial charge in [-0.25, -0.2) is 0 Å². The first-order chi connectivity index (χ1) is 13.9. The third-order valence-corrected chi connectivity index (χ3v) is 5.24. The van der Waals surface area contributed by atoms with Crippen LogP contribution in [0.4, 0.5) is 5.69 Å². The zero-order valence-corrected chi connectivity index (χ0v) is 15.3. The van der Waals surface area contributed by atoms with E-state index in [1.54, 1.807) is 4.90 Å². The summed E-state index contributed by atoms with van der Waals surface area (Å²) in [5.41, 5.74) is 1.07. The monoisotopic (exact) mass is 399 g/mol. The van der Waals surface area contributed by atoms with Crippen molar-refractivity contribution in [2.24, 2.45) is 0 Å². The molecule has 3 heterocycles. The van der Waals surface area contributed by atoms with Gasteiger partial charge in [0.15, 0.2) is 0 Å². The molecular weight excluding hydrogens is 382 g/mol. The topological polar surface area (TPSA) is 149 Å². The summed E-state index contributed by atoms with van der Waals surface area (Å²) < 4.78 is 0. The Hall–Kier alpha value is -3.76. The molecule has 1 aromatic carbocycles. The number of fused-ring (bicyclic) bond motifs is 2. The zero-order valence-electron chi connectivity index (χ0n) is 15.3. The van der Waals surface area contributed by atoms with Crippen LogP contribution in [0.5, 0.6) is 0 Å². The third-order valence-electron chi connectivity index (χ3n) is 5.24. The Morgan fingerprint density at radius 1 is 1.14 bits per heavy atom. The van der Waals surface area contributed by atoms with Crippen molar-refractivity contribution in [1.82, 2.24) is 20.0 Å². The van der Waals surface area contributed by atoms with Crippen molar-refractivity contribution < 1.29 is 19.3 Å². The molecule has 2 N–H and O–H groups in total. The lowest BCUT2D eigenvalue weighted by atomic mass is 10.1. The average molecular weight is 399 g/mol. The Bertz CT molecular complexity index is 1100. The van der Waals surface area contributed by atoms with E-state index >= 15 is 0 Å². The fraction of sp³-hybridized carbons (Fsp3) is 0.333. The molecule has 0 fully saturated rings. The molecule has 1 aromatic heterocycles. The summed E-state index contributed by atoms with van der Waals surface area (Å²) >= 11 is 0. The number of aromatic amines is 2. The quantitative estimate of drug-likeness (QED) is 0.426. The van der Waals surface area contributed by atoms with Gasteiger partial charge in [0, 0.05) is 37.2 Å². The lowest BCUT2D eigenvalue weighted by Crippen LogP contribution is -2.37. The first-order valence-corrected chi connectivity index (χ1v) is 9.07. The molecule has 0 spiro atoms. The van der Waals surface area contributed by atoms with Gasteiger partial charge >= 0.3 is 0 Å². The molecule has 3 amide bonds. The lowest BCUT2D eigenvalue weighted by Gasteiger charge is -2.26. The molecule has 0 saturated carbocycles. The van der Waals surface area contributed by atoms with Crippen LogP contribution in [0.1, 0.15) is 44.8 Å². The Kier molecular flexibility index (Phi) is 4.49. The maximum atomic E-state index is 12.4. The minimum atomic E-state index is -0.624. The lowest BCUT2D eigenvalue weighted by molar-refractivity contribution is -0.384. The van der Waals surface area contributed by atoms with Gasteiger partial charge in [-0.1, -0.05) is 0 Å². The first-order valence-electron chi connectivity index (χ1n) is 9.07. The highest BCUT2D eigenvalue weighted by atomic mass is 16.6. The zero-order chi connectivity index (χ0) is 20.7. The van der Waals surface area contributed by atoms with E-state index < -0.39 is 16.7 Å². The van der Waals surface area contributed by atoms with Crippen LogP contribution in [-0.2, 0) is 17.8 Å². The van der Waals surface area contributed by atoms with Crippen LogP contribution >= 0.6 is 0 Å². The van der Waals surface area contributed by atoms with Gasteiger partial charge in [0.2, 0.25) is 5.91 Å². The average Bonchev–Trinajstić information content (AvgIpc) is 3.20. The number of benzene rings is 1. The van der Waals surface area contributed by atoms with E-state index in [1.165, 1.54) is 12.1 Å². The minimum Gasteiger partial charge on any atom is -0.336 e. The maximum absolute atomic E-state index is 12.4. The molecule has 0 bridgehead atoms. The van der Waals surface area contributed by atoms with Crippen LogP contribution in [-0.4, -0.2) is 55.7 Å². The Morgan fingerprint density at radius 3 is 2.66 bits per heavy atom. The summed E-state index contributed by atoms with van der Waals surface area (Å²) in [5, 5.41) is 16.2. The van der Waals surface area contributed by atoms with Crippen molar-refractivity contribution in [3.63, 3.8) is 0 Å². The second-order valence-electron chi connectivity index (χ2n) is 6.95. The highest BCUT2D eigenvalue weighted by molar-refractivity contribution is 6.21. The molecule has 2 aliphatic heterocycles. The molecule has 150 valence electrons. The van der Waals surface area contributed by atoms with Gasteiger partial charge in [-0.2, -0.15) is 0 Å². The number of nitro benzene ring substituents is 1. The number of amides is 3. The largest absolute Gasteiger partial charge is 0.336 e. The molecule has 2 aliphatic rings. The van der Waals surface area contributed by atoms with Gasteiger partial charge in [0.05, 0.1) is 28.3 Å². The van der Waals surface area contributed by atoms with Crippen molar-refractivity contribution in [2.75, 3.05) is 13.1 Å². The summed E-state index contributed by atoms with van der Waals surface area (Å²) in [5.74, 6) is -1.24. The number of aromatic nitrogens is 2. The van der Waals surface area contributed by atoms with Crippen molar-refractivity contribution in [3.8, 4) is 0 Å². The van der Waals surface area contributed by atoms with Gasteiger partial charge in [0.1, 0.15) is 0 Å². The molecule has 11 heteroatoms. The van der Waals surface area contributed by atoms with Gasteiger partial charge in [-0.3, -0.25) is 39.3 Å². The highest BCUT2D eigenvalue weighted by Crippen LogP contribution is 2.27. The summed E-state index contributed by atoms with van der Waals surface area (Å²) in [6.07, 6.45) is 0.883. The van der Waals surface area contributed by atoms with E-state index in [9.17, 15) is 29.3 Å². The molecular formula is C18H17N5O6. The number of rotatable bonds is 5. The fourth-order valence-electron chi connectivity index (χ4n) is 3.69. The number of imide groups is 1. The van der Waals surface area contributed by atoms with Gasteiger partial charge in [-0.05, 0) is 18.9 Å². The van der Waals surface area contributed by atoms with E-state index in [1.807, 2.05) is 0 Å². The van der Waals surface area contributed by atoms with Crippen molar-refractivity contribution in [2.45, 2.75) is 25.8 Å². The summed E-state index contributed by atoms with van der Waals surface area (Å²) in [6, 6.07) is 3.57. The Balaban J connectivity index is 1.35. The molecule has 2 aromatic rings. The van der Waals surface area contributed by atoms with E-state index in [0.717, 1.165) is 11.0 Å². The molecule has 29 heavy (non-hydrogen) atoms. The molecule has 0 unspecified atom stereocenters. The fourth-order valence-corrected chi connectivity index (χ4v) is 3.69. The highest BCUT2D eigenvalue weighted by Gasteiger charge is 2.36. The van der Waals surface area contributed by atoms with Gasteiger partial charge in [-0.15, -0.1) is 0 Å². The van der Waals surface area contributed by atoms with Crippen LogP contribution in [0.25, 0.3) is 0 Å². The second kappa shape index (κ2) is 7.00. The molecule has 0 atom stereocenters. The van der Waals surface area contributed by atoms with E-state index in [4.69, 9.17) is 0 Å². The third kappa shape index (κ3) is 3.20. The van der Waals surface area contributed by atoms with Crippen LogP contribution in [0.3, 0.4) is 0 Å². The van der Waals surface area contributed by atoms with Gasteiger partial charge in [0.25, 0.3) is 23.1 Å². The normalized spacial score (nSPS) is 15.4. The Morgan fingerprint density at radius 2 is 1.90 bits per heavy atom. The Labute approximate surface area is 163 Å². The number of carbonyl (C=O) groups is 3. The molecule has 0 saturated heterocycles. The van der Waals surface area contributed by atoms with E-state index in [0.29, 0.717) is 30.8 Å². The van der Waals surface area contributed by atoms with Crippen molar-refractivity contribution >= 4 is 23.4 Å². The van der Waals surface area contributed by atoms with E-state index in [2.05, 4.69) is 10.2 Å². The number of nitro groups is 1. The predicted molar refractivity (Wildman–Crippen MR) is 98.2 cm³/mol. The van der Waals surface area contributed by atoms with Crippen molar-refractivity contribution in [1.29, 1.82) is 0 Å². The number of nitrogens with one attached hydrogen (secondary N) is 2. The number of hydrogen-bond acceptors (Lipinski definition) is 6. The number of H-pyrrole nitrogens is 2. The van der Waals surface area contributed by atoms with Crippen LogP contribution in [0.15, 0.2) is 23.0 Å². The minimum absolute atomic E-state index is 0.00972. The summed E-state index contributed by atoms with van der Waals surface area (Å²) in [4.78, 5) is 61.8.